The summed E-state index contributed by atoms with van der Waals surface area (Å²) in [6, 6.07) is -0.481. The van der Waals surface area contributed by atoms with Gasteiger partial charge in [-0.25, -0.2) is 4.79 Å². The van der Waals surface area contributed by atoms with Crippen molar-refractivity contribution in [3.63, 3.8) is 0 Å². The molecule has 0 spiro atoms. The Bertz CT molecular complexity index is 420. The Balaban J connectivity index is 2.62. The molecule has 2 N–H and O–H groups in total. The number of urea groups is 1. The summed E-state index contributed by atoms with van der Waals surface area (Å²) in [5, 5.41) is 5.43. The van der Waals surface area contributed by atoms with Crippen LogP contribution in [0.5, 0.6) is 0 Å². The van der Waals surface area contributed by atoms with E-state index >= 15 is 0 Å². The molecule has 0 saturated carbocycles. The van der Waals surface area contributed by atoms with Crippen LogP contribution in [-0.2, 0) is 9.59 Å². The molecule has 1 aliphatic heterocycles. The van der Waals surface area contributed by atoms with Crippen LogP contribution in [0.2, 0.25) is 0 Å². The SMILES string of the molecule is CC(C)CC[C@@]1(C)NC(=O)N(CC(=O)NCC(C)C)C1=O. The highest BCUT2D eigenvalue weighted by Gasteiger charge is 2.47. The van der Waals surface area contributed by atoms with Gasteiger partial charge in [0.15, 0.2) is 0 Å². The van der Waals surface area contributed by atoms with Crippen LogP contribution in [0.4, 0.5) is 4.79 Å². The lowest BCUT2D eigenvalue weighted by Crippen LogP contribution is -2.45. The van der Waals surface area contributed by atoms with E-state index < -0.39 is 11.6 Å². The van der Waals surface area contributed by atoms with E-state index in [1.807, 2.05) is 13.8 Å². The second-order valence-electron chi connectivity index (χ2n) is 6.78. The molecule has 6 heteroatoms. The maximum Gasteiger partial charge on any atom is 0.325 e. The number of nitrogens with zero attached hydrogens (tertiary/aromatic N) is 1. The van der Waals surface area contributed by atoms with Gasteiger partial charge in [-0.3, -0.25) is 14.5 Å². The molecule has 1 fully saturated rings. The van der Waals surface area contributed by atoms with Gasteiger partial charge in [-0.1, -0.05) is 27.7 Å². The maximum atomic E-state index is 12.4. The van der Waals surface area contributed by atoms with E-state index in [1.54, 1.807) is 6.92 Å². The van der Waals surface area contributed by atoms with Crippen LogP contribution in [0.25, 0.3) is 0 Å². The van der Waals surface area contributed by atoms with Crippen molar-refractivity contribution < 1.29 is 14.4 Å². The summed E-state index contributed by atoms with van der Waals surface area (Å²) in [4.78, 5) is 37.1. The summed E-state index contributed by atoms with van der Waals surface area (Å²) in [7, 11) is 0. The van der Waals surface area contributed by atoms with Crippen LogP contribution in [0.1, 0.15) is 47.5 Å². The number of rotatable bonds is 7. The molecule has 0 aromatic heterocycles. The summed E-state index contributed by atoms with van der Waals surface area (Å²) >= 11 is 0. The summed E-state index contributed by atoms with van der Waals surface area (Å²) in [5.41, 5.74) is -0.889. The Hall–Kier alpha value is -1.59. The van der Waals surface area contributed by atoms with Gasteiger partial charge in [0.1, 0.15) is 12.1 Å². The van der Waals surface area contributed by atoms with E-state index in [9.17, 15) is 14.4 Å². The van der Waals surface area contributed by atoms with Gasteiger partial charge in [0.25, 0.3) is 5.91 Å². The zero-order chi connectivity index (χ0) is 16.2. The first-order valence-corrected chi connectivity index (χ1v) is 7.56. The van der Waals surface area contributed by atoms with E-state index in [0.29, 0.717) is 24.8 Å². The molecule has 1 aliphatic rings. The third kappa shape index (κ3) is 4.72. The molecule has 21 heavy (non-hydrogen) atoms. The molecular weight excluding hydrogens is 270 g/mol. The molecule has 1 saturated heterocycles. The van der Waals surface area contributed by atoms with Crippen LogP contribution in [-0.4, -0.2) is 41.4 Å². The quantitative estimate of drug-likeness (QED) is 0.699. The van der Waals surface area contributed by atoms with Crippen LogP contribution in [0, 0.1) is 11.8 Å². The normalized spacial score (nSPS) is 22.1. The van der Waals surface area contributed by atoms with Gasteiger partial charge in [-0.2, -0.15) is 0 Å². The number of hydrogen-bond donors (Lipinski definition) is 2. The van der Waals surface area contributed by atoms with Crippen LogP contribution < -0.4 is 10.6 Å². The van der Waals surface area contributed by atoms with Gasteiger partial charge >= 0.3 is 6.03 Å². The highest BCUT2D eigenvalue weighted by Crippen LogP contribution is 2.24. The zero-order valence-electron chi connectivity index (χ0n) is 13.7. The molecule has 0 unspecified atom stereocenters. The number of imide groups is 1. The van der Waals surface area contributed by atoms with Gasteiger partial charge in [0, 0.05) is 6.54 Å². The highest BCUT2D eigenvalue weighted by atomic mass is 16.2. The molecule has 1 atom stereocenters. The fraction of sp³-hybridized carbons (Fsp3) is 0.800. The van der Waals surface area contributed by atoms with Crippen molar-refractivity contribution in [2.24, 2.45) is 11.8 Å². The lowest BCUT2D eigenvalue weighted by molar-refractivity contribution is -0.134. The van der Waals surface area contributed by atoms with Crippen LogP contribution >= 0.6 is 0 Å². The molecule has 0 aliphatic carbocycles. The molecule has 0 bridgehead atoms. The molecule has 0 radical (unpaired) electrons. The van der Waals surface area contributed by atoms with E-state index in [-0.39, 0.29) is 18.4 Å². The first kappa shape index (κ1) is 17.5. The number of carbonyl (C=O) groups excluding carboxylic acids is 3. The van der Waals surface area contributed by atoms with E-state index in [0.717, 1.165) is 11.3 Å². The molecule has 4 amide bonds. The largest absolute Gasteiger partial charge is 0.354 e. The maximum absolute atomic E-state index is 12.4. The predicted octanol–water partition coefficient (Wildman–Crippen LogP) is 1.51. The second kappa shape index (κ2) is 6.91. The summed E-state index contributed by atoms with van der Waals surface area (Å²) in [6.45, 7) is 10.2. The predicted molar refractivity (Wildman–Crippen MR) is 80.6 cm³/mol. The van der Waals surface area contributed by atoms with Crippen molar-refractivity contribution in [3.8, 4) is 0 Å². The van der Waals surface area contributed by atoms with Gasteiger partial charge in [0.05, 0.1) is 0 Å². The molecule has 0 aromatic carbocycles. The third-order valence-electron chi connectivity index (χ3n) is 3.58. The Morgan fingerprint density at radius 3 is 2.38 bits per heavy atom. The second-order valence-corrected chi connectivity index (χ2v) is 6.78. The van der Waals surface area contributed by atoms with Crippen molar-refractivity contribution in [1.82, 2.24) is 15.5 Å². The average molecular weight is 297 g/mol. The van der Waals surface area contributed by atoms with E-state index in [4.69, 9.17) is 0 Å². The molecule has 1 rings (SSSR count). The van der Waals surface area contributed by atoms with Gasteiger partial charge in [-0.05, 0) is 31.6 Å². The topological polar surface area (TPSA) is 78.5 Å². The van der Waals surface area contributed by atoms with E-state index in [1.165, 1.54) is 0 Å². The number of carbonyl (C=O) groups is 3. The summed E-state index contributed by atoms with van der Waals surface area (Å²) < 4.78 is 0. The fourth-order valence-corrected chi connectivity index (χ4v) is 2.15. The molecular formula is C15H27N3O3. The van der Waals surface area contributed by atoms with Crippen molar-refractivity contribution in [2.45, 2.75) is 53.0 Å². The molecule has 1 heterocycles. The minimum absolute atomic E-state index is 0.214. The van der Waals surface area contributed by atoms with E-state index in [2.05, 4.69) is 24.5 Å². The Labute approximate surface area is 126 Å². The minimum Gasteiger partial charge on any atom is -0.354 e. The van der Waals surface area contributed by atoms with Gasteiger partial charge in [0.2, 0.25) is 5.91 Å². The van der Waals surface area contributed by atoms with Gasteiger partial charge < -0.3 is 10.6 Å². The van der Waals surface area contributed by atoms with Gasteiger partial charge in [-0.15, -0.1) is 0 Å². The van der Waals surface area contributed by atoms with Crippen molar-refractivity contribution in [3.05, 3.63) is 0 Å². The lowest BCUT2D eigenvalue weighted by atomic mass is 9.92. The average Bonchev–Trinajstić information content (AvgIpc) is 2.58. The lowest BCUT2D eigenvalue weighted by Gasteiger charge is -2.22. The number of amides is 4. The zero-order valence-corrected chi connectivity index (χ0v) is 13.7. The first-order valence-electron chi connectivity index (χ1n) is 7.56. The first-order chi connectivity index (χ1) is 9.65. The van der Waals surface area contributed by atoms with Crippen molar-refractivity contribution >= 4 is 17.8 Å². The standard InChI is InChI=1S/C15H27N3O3/c1-10(2)6-7-15(5)13(20)18(14(21)17-15)9-12(19)16-8-11(3)4/h10-11H,6-9H2,1-5H3,(H,16,19)(H,17,21)/t15-/m1/s1. The van der Waals surface area contributed by atoms with Crippen molar-refractivity contribution in [1.29, 1.82) is 0 Å². The molecule has 120 valence electrons. The molecule has 6 nitrogen and oxygen atoms in total. The Morgan fingerprint density at radius 2 is 1.86 bits per heavy atom. The number of nitrogens with one attached hydrogen (secondary N) is 2. The number of hydrogen-bond acceptors (Lipinski definition) is 3. The van der Waals surface area contributed by atoms with Crippen LogP contribution in [0.3, 0.4) is 0 Å². The fourth-order valence-electron chi connectivity index (χ4n) is 2.15. The Morgan fingerprint density at radius 1 is 1.24 bits per heavy atom. The smallest absolute Gasteiger partial charge is 0.325 e. The highest BCUT2D eigenvalue weighted by molar-refractivity contribution is 6.08. The summed E-state index contributed by atoms with van der Waals surface area (Å²) in [6.07, 6.45) is 1.43. The minimum atomic E-state index is -0.889. The summed E-state index contributed by atoms with van der Waals surface area (Å²) in [5.74, 6) is 0.163. The monoisotopic (exact) mass is 297 g/mol. The molecule has 0 aromatic rings. The Kier molecular flexibility index (Phi) is 5.75. The van der Waals surface area contributed by atoms with Crippen molar-refractivity contribution in [2.75, 3.05) is 13.1 Å². The van der Waals surface area contributed by atoms with Crippen LogP contribution in [0.15, 0.2) is 0 Å². The third-order valence-corrected chi connectivity index (χ3v) is 3.58.